The molecule has 30 heavy (non-hydrogen) atoms. The Hall–Kier alpha value is -2.34. The first-order chi connectivity index (χ1) is 14.5. The predicted molar refractivity (Wildman–Crippen MR) is 116 cm³/mol. The van der Waals surface area contributed by atoms with Crippen molar-refractivity contribution in [3.63, 3.8) is 0 Å². The van der Waals surface area contributed by atoms with Crippen LogP contribution in [-0.4, -0.2) is 43.3 Å². The van der Waals surface area contributed by atoms with Crippen LogP contribution in [0.15, 0.2) is 18.2 Å². The van der Waals surface area contributed by atoms with Gasteiger partial charge < -0.3 is 19.4 Å². The summed E-state index contributed by atoms with van der Waals surface area (Å²) in [5.41, 5.74) is 4.60. The van der Waals surface area contributed by atoms with Crippen LogP contribution < -0.4 is 5.32 Å². The Bertz CT molecular complexity index is 942. The second-order valence-electron chi connectivity index (χ2n) is 8.67. The Balaban J connectivity index is 1.67. The molecule has 1 N–H and O–H groups in total. The van der Waals surface area contributed by atoms with Crippen LogP contribution in [0.1, 0.15) is 60.1 Å². The molecule has 0 saturated carbocycles. The van der Waals surface area contributed by atoms with Crippen LogP contribution in [-0.2, 0) is 27.7 Å². The Morgan fingerprint density at radius 1 is 1.23 bits per heavy atom. The number of nitrogens with zero attached hydrogens (tertiary/aromatic N) is 1. The number of esters is 1. The fourth-order valence-electron chi connectivity index (χ4n) is 5.47. The molecule has 6 nitrogen and oxygen atoms in total. The molecule has 1 aromatic heterocycles. The molecule has 1 aromatic carbocycles. The fourth-order valence-corrected chi connectivity index (χ4v) is 5.47. The van der Waals surface area contributed by atoms with Crippen LogP contribution in [0, 0.1) is 11.8 Å². The normalized spacial score (nSPS) is 22.0. The van der Waals surface area contributed by atoms with E-state index in [0.29, 0.717) is 17.4 Å². The van der Waals surface area contributed by atoms with E-state index in [0.717, 1.165) is 44.8 Å². The highest BCUT2D eigenvalue weighted by Gasteiger charge is 2.35. The van der Waals surface area contributed by atoms with Gasteiger partial charge in [0.2, 0.25) is 0 Å². The third-order valence-electron chi connectivity index (χ3n) is 7.10. The van der Waals surface area contributed by atoms with E-state index in [2.05, 4.69) is 28.6 Å². The molecule has 1 aliphatic heterocycles. The lowest BCUT2D eigenvalue weighted by atomic mass is 9.71. The lowest BCUT2D eigenvalue weighted by Gasteiger charge is -2.37. The minimum absolute atomic E-state index is 0.121. The van der Waals surface area contributed by atoms with Crippen molar-refractivity contribution < 1.29 is 19.1 Å². The molecule has 4 rings (SSSR count). The molecule has 1 saturated heterocycles. The van der Waals surface area contributed by atoms with E-state index in [1.54, 1.807) is 0 Å². The topological polar surface area (TPSA) is 69.6 Å². The van der Waals surface area contributed by atoms with Gasteiger partial charge in [0.15, 0.2) is 0 Å². The summed E-state index contributed by atoms with van der Waals surface area (Å²) in [5, 5.41) is 3.82. The van der Waals surface area contributed by atoms with E-state index in [9.17, 15) is 9.59 Å². The number of methoxy groups -OCH3 is 1. The van der Waals surface area contributed by atoms with E-state index >= 15 is 0 Å². The smallest absolute Gasteiger partial charge is 0.325 e. The number of aryl methyl sites for hydroxylation is 1. The highest BCUT2D eigenvalue weighted by molar-refractivity contribution is 6.00. The number of ether oxygens (including phenoxy) is 2. The molecular weight excluding hydrogens is 380 g/mol. The number of rotatable bonds is 5. The van der Waals surface area contributed by atoms with E-state index < -0.39 is 5.97 Å². The number of carbonyl (C=O) groups is 2. The number of nitrogens with one attached hydrogen (secondary N) is 1. The van der Waals surface area contributed by atoms with E-state index in [1.165, 1.54) is 35.7 Å². The van der Waals surface area contributed by atoms with E-state index in [-0.39, 0.29) is 12.5 Å². The fraction of sp³-hybridized carbons (Fsp3) is 0.583. The van der Waals surface area contributed by atoms with Crippen LogP contribution in [0.2, 0.25) is 0 Å². The summed E-state index contributed by atoms with van der Waals surface area (Å²) in [6.45, 7) is 3.92. The summed E-state index contributed by atoms with van der Waals surface area (Å²) in [5.74, 6) is 1.25. The van der Waals surface area contributed by atoms with Gasteiger partial charge in [-0.25, -0.2) is 0 Å². The number of benzene rings is 1. The van der Waals surface area contributed by atoms with Gasteiger partial charge in [0, 0.05) is 42.4 Å². The molecule has 2 aromatic rings. The van der Waals surface area contributed by atoms with Gasteiger partial charge in [-0.05, 0) is 73.6 Å². The first kappa shape index (κ1) is 20.9. The zero-order valence-electron chi connectivity index (χ0n) is 18.2. The zero-order chi connectivity index (χ0) is 21.3. The standard InChI is InChI=1S/C24H32N2O4/c1-4-15-11-18(16-7-9-30-10-8-16)13-20-19-12-17(24(28)25-14-22(27)29-3)5-6-21(19)26(2)23(15)20/h5-6,12,15-16,18H,4,7-11,13-14H2,1-3H3,(H,25,28). The van der Waals surface area contributed by atoms with Crippen LogP contribution in [0.3, 0.4) is 0 Å². The third-order valence-corrected chi connectivity index (χ3v) is 7.10. The van der Waals surface area contributed by atoms with Crippen molar-refractivity contribution in [3.05, 3.63) is 35.0 Å². The summed E-state index contributed by atoms with van der Waals surface area (Å²) in [4.78, 5) is 23.9. The minimum atomic E-state index is -0.452. The SMILES string of the molecule is CCC1CC(C2CCOCC2)Cc2c1n(C)c1ccc(C(=O)NCC(=O)OC)cc21. The molecule has 1 aliphatic carbocycles. The zero-order valence-corrected chi connectivity index (χ0v) is 18.2. The van der Waals surface area contributed by atoms with Crippen molar-refractivity contribution in [1.29, 1.82) is 0 Å². The van der Waals surface area contributed by atoms with Crippen molar-refractivity contribution in [2.75, 3.05) is 26.9 Å². The maximum atomic E-state index is 12.6. The molecule has 1 amide bonds. The molecule has 2 heterocycles. The second kappa shape index (κ2) is 8.80. The minimum Gasteiger partial charge on any atom is -0.468 e. The van der Waals surface area contributed by atoms with Gasteiger partial charge in [0.05, 0.1) is 7.11 Å². The molecule has 2 atom stereocenters. The van der Waals surface area contributed by atoms with Crippen molar-refractivity contribution in [2.45, 2.75) is 44.9 Å². The van der Waals surface area contributed by atoms with Crippen LogP contribution in [0.25, 0.3) is 10.9 Å². The van der Waals surface area contributed by atoms with Gasteiger partial charge in [-0.3, -0.25) is 9.59 Å². The Morgan fingerprint density at radius 3 is 2.70 bits per heavy atom. The summed E-state index contributed by atoms with van der Waals surface area (Å²) >= 11 is 0. The second-order valence-corrected chi connectivity index (χ2v) is 8.67. The summed E-state index contributed by atoms with van der Waals surface area (Å²) in [6.07, 6.45) is 5.75. The maximum Gasteiger partial charge on any atom is 0.325 e. The number of aromatic nitrogens is 1. The number of fused-ring (bicyclic) bond motifs is 3. The van der Waals surface area contributed by atoms with Gasteiger partial charge in [-0.2, -0.15) is 0 Å². The first-order valence-electron chi connectivity index (χ1n) is 11.1. The van der Waals surface area contributed by atoms with Crippen LogP contribution in [0.5, 0.6) is 0 Å². The Kier molecular flexibility index (Phi) is 6.14. The van der Waals surface area contributed by atoms with Crippen molar-refractivity contribution in [2.24, 2.45) is 18.9 Å². The van der Waals surface area contributed by atoms with E-state index in [4.69, 9.17) is 4.74 Å². The molecule has 0 spiro atoms. The number of amides is 1. The molecule has 0 radical (unpaired) electrons. The van der Waals surface area contributed by atoms with Gasteiger partial charge in [0.25, 0.3) is 5.91 Å². The summed E-state index contributed by atoms with van der Waals surface area (Å²) in [6, 6.07) is 5.88. The quantitative estimate of drug-likeness (QED) is 0.763. The Labute approximate surface area is 177 Å². The van der Waals surface area contributed by atoms with Crippen LogP contribution >= 0.6 is 0 Å². The number of hydrogen-bond donors (Lipinski definition) is 1. The average molecular weight is 413 g/mol. The maximum absolute atomic E-state index is 12.6. The molecule has 2 unspecified atom stereocenters. The highest BCUT2D eigenvalue weighted by atomic mass is 16.5. The van der Waals surface area contributed by atoms with Gasteiger partial charge in [-0.15, -0.1) is 0 Å². The average Bonchev–Trinajstić information content (AvgIpc) is 3.08. The summed E-state index contributed by atoms with van der Waals surface area (Å²) < 4.78 is 12.5. The predicted octanol–water partition coefficient (Wildman–Crippen LogP) is 3.56. The molecular formula is C24H32N2O4. The summed E-state index contributed by atoms with van der Waals surface area (Å²) in [7, 11) is 3.46. The van der Waals surface area contributed by atoms with Crippen molar-refractivity contribution in [1.82, 2.24) is 9.88 Å². The molecule has 0 bridgehead atoms. The van der Waals surface area contributed by atoms with Crippen molar-refractivity contribution in [3.8, 4) is 0 Å². The third kappa shape index (κ3) is 3.85. The molecule has 6 heteroatoms. The van der Waals surface area contributed by atoms with Gasteiger partial charge in [-0.1, -0.05) is 6.92 Å². The first-order valence-corrected chi connectivity index (χ1v) is 11.1. The highest BCUT2D eigenvalue weighted by Crippen LogP contribution is 2.45. The molecule has 162 valence electrons. The van der Waals surface area contributed by atoms with Crippen LogP contribution in [0.4, 0.5) is 0 Å². The van der Waals surface area contributed by atoms with Gasteiger partial charge in [0.1, 0.15) is 6.54 Å². The number of hydrogen-bond acceptors (Lipinski definition) is 4. The van der Waals surface area contributed by atoms with E-state index in [1.807, 2.05) is 18.2 Å². The van der Waals surface area contributed by atoms with Gasteiger partial charge >= 0.3 is 5.97 Å². The number of carbonyl (C=O) groups excluding carboxylic acids is 2. The molecule has 1 fully saturated rings. The largest absolute Gasteiger partial charge is 0.468 e. The van der Waals surface area contributed by atoms with Crippen molar-refractivity contribution >= 4 is 22.8 Å². The Morgan fingerprint density at radius 2 is 2.00 bits per heavy atom. The molecule has 2 aliphatic rings. The lowest BCUT2D eigenvalue weighted by molar-refractivity contribution is -0.139. The monoisotopic (exact) mass is 412 g/mol. The lowest BCUT2D eigenvalue weighted by Crippen LogP contribution is -2.30.